The Bertz CT molecular complexity index is 1250. The van der Waals surface area contributed by atoms with Gasteiger partial charge >= 0.3 is 5.97 Å². The molecule has 1 aliphatic rings. The molecule has 0 saturated carbocycles. The standard InChI is InChI=1S/C26H22N2O5S/c1-28(24(30)19-9-11-20(12-10-19)25(31)32)15-17-3-2-4-21(13-17)18-7-5-16(6-8-18)14-22-23(29)27-26(33)34-22/h2-13,22H,14-15H2,1H3,(H,31,32)(H,27,29,33). The van der Waals surface area contributed by atoms with E-state index < -0.39 is 11.2 Å². The average molecular weight is 475 g/mol. The predicted octanol–water partition coefficient (Wildman–Crippen LogP) is 4.22. The lowest BCUT2D eigenvalue weighted by atomic mass is 10.00. The number of hydrogen-bond acceptors (Lipinski definition) is 5. The van der Waals surface area contributed by atoms with Gasteiger partial charge in [-0.2, -0.15) is 0 Å². The Labute approximate surface area is 200 Å². The maximum absolute atomic E-state index is 12.7. The van der Waals surface area contributed by atoms with E-state index in [1.165, 1.54) is 24.3 Å². The minimum atomic E-state index is -1.03. The number of carbonyl (C=O) groups excluding carboxylic acids is 3. The number of carbonyl (C=O) groups is 4. The molecule has 0 radical (unpaired) electrons. The Morgan fingerprint density at radius 2 is 1.59 bits per heavy atom. The summed E-state index contributed by atoms with van der Waals surface area (Å²) in [5, 5.41) is 10.6. The van der Waals surface area contributed by atoms with Gasteiger partial charge < -0.3 is 10.0 Å². The van der Waals surface area contributed by atoms with Crippen LogP contribution in [0.1, 0.15) is 31.8 Å². The summed E-state index contributed by atoms with van der Waals surface area (Å²) in [6.07, 6.45) is 0.489. The first-order valence-electron chi connectivity index (χ1n) is 10.6. The molecule has 1 aliphatic heterocycles. The second-order valence-corrected chi connectivity index (χ2v) is 9.20. The van der Waals surface area contributed by atoms with Crippen molar-refractivity contribution in [2.24, 2.45) is 0 Å². The third-order valence-corrected chi connectivity index (χ3v) is 6.53. The molecule has 3 aromatic rings. The molecule has 3 aromatic carbocycles. The van der Waals surface area contributed by atoms with Crippen molar-refractivity contribution in [2.75, 3.05) is 7.05 Å². The summed E-state index contributed by atoms with van der Waals surface area (Å²) in [6.45, 7) is 0.396. The van der Waals surface area contributed by atoms with Crippen LogP contribution in [0, 0.1) is 0 Å². The summed E-state index contributed by atoms with van der Waals surface area (Å²) in [5.41, 5.74) is 4.49. The summed E-state index contributed by atoms with van der Waals surface area (Å²) in [5.74, 6) is -1.47. The Hall–Kier alpha value is -3.91. The van der Waals surface area contributed by atoms with Crippen molar-refractivity contribution in [1.82, 2.24) is 10.2 Å². The van der Waals surface area contributed by atoms with Crippen LogP contribution in [0.2, 0.25) is 0 Å². The van der Waals surface area contributed by atoms with Crippen molar-refractivity contribution >= 4 is 34.8 Å². The number of benzene rings is 3. The van der Waals surface area contributed by atoms with Crippen LogP contribution in [0.25, 0.3) is 11.1 Å². The van der Waals surface area contributed by atoms with Gasteiger partial charge in [-0.05, 0) is 59.0 Å². The lowest BCUT2D eigenvalue weighted by Gasteiger charge is -2.18. The van der Waals surface area contributed by atoms with Gasteiger partial charge in [-0.25, -0.2) is 4.79 Å². The fourth-order valence-corrected chi connectivity index (χ4v) is 4.61. The van der Waals surface area contributed by atoms with Crippen LogP contribution in [-0.2, 0) is 17.8 Å². The van der Waals surface area contributed by atoms with E-state index in [9.17, 15) is 19.2 Å². The van der Waals surface area contributed by atoms with Crippen molar-refractivity contribution in [2.45, 2.75) is 18.2 Å². The van der Waals surface area contributed by atoms with Gasteiger partial charge in [0.1, 0.15) is 0 Å². The van der Waals surface area contributed by atoms with Crippen LogP contribution in [-0.4, -0.2) is 45.3 Å². The second kappa shape index (κ2) is 9.93. The number of hydrogen-bond donors (Lipinski definition) is 2. The highest BCUT2D eigenvalue weighted by atomic mass is 32.2. The molecule has 2 N–H and O–H groups in total. The number of carboxylic acids is 1. The van der Waals surface area contributed by atoms with Crippen molar-refractivity contribution in [3.8, 4) is 11.1 Å². The minimum absolute atomic E-state index is 0.136. The van der Waals surface area contributed by atoms with Crippen LogP contribution >= 0.6 is 11.8 Å². The highest BCUT2D eigenvalue weighted by molar-refractivity contribution is 8.15. The molecule has 1 atom stereocenters. The maximum atomic E-state index is 12.7. The first-order chi connectivity index (χ1) is 16.3. The lowest BCUT2D eigenvalue weighted by Crippen LogP contribution is -2.26. The number of nitrogens with one attached hydrogen (secondary N) is 1. The fraction of sp³-hybridized carbons (Fsp3) is 0.154. The van der Waals surface area contributed by atoms with Gasteiger partial charge in [-0.3, -0.25) is 19.7 Å². The predicted molar refractivity (Wildman–Crippen MR) is 130 cm³/mol. The van der Waals surface area contributed by atoms with Gasteiger partial charge in [0.05, 0.1) is 10.8 Å². The molecule has 172 valence electrons. The van der Waals surface area contributed by atoms with E-state index in [4.69, 9.17) is 5.11 Å². The monoisotopic (exact) mass is 474 g/mol. The number of amides is 3. The quantitative estimate of drug-likeness (QED) is 0.532. The van der Waals surface area contributed by atoms with Crippen molar-refractivity contribution < 1.29 is 24.3 Å². The van der Waals surface area contributed by atoms with E-state index in [0.717, 1.165) is 34.0 Å². The largest absolute Gasteiger partial charge is 0.478 e. The number of aromatic carboxylic acids is 1. The van der Waals surface area contributed by atoms with Crippen molar-refractivity contribution in [1.29, 1.82) is 0 Å². The Morgan fingerprint density at radius 1 is 0.912 bits per heavy atom. The van der Waals surface area contributed by atoms with Gasteiger partial charge in [0, 0.05) is 19.2 Å². The Morgan fingerprint density at radius 3 is 2.21 bits per heavy atom. The molecule has 8 heteroatoms. The zero-order chi connectivity index (χ0) is 24.2. The highest BCUT2D eigenvalue weighted by Gasteiger charge is 2.31. The Kier molecular flexibility index (Phi) is 6.79. The molecule has 34 heavy (non-hydrogen) atoms. The molecular weight excluding hydrogens is 452 g/mol. The zero-order valence-corrected chi connectivity index (χ0v) is 19.2. The first kappa shape index (κ1) is 23.3. The van der Waals surface area contributed by atoms with E-state index in [1.54, 1.807) is 11.9 Å². The zero-order valence-electron chi connectivity index (χ0n) is 18.4. The SMILES string of the molecule is CN(Cc1cccc(-c2ccc(CC3SC(=O)NC3=O)cc2)c1)C(=O)c1ccc(C(=O)O)cc1. The normalized spacial score (nSPS) is 15.1. The van der Waals surface area contributed by atoms with Crippen LogP contribution < -0.4 is 5.32 Å². The van der Waals surface area contributed by atoms with E-state index in [1.807, 2.05) is 48.5 Å². The van der Waals surface area contributed by atoms with Crippen LogP contribution in [0.4, 0.5) is 4.79 Å². The van der Waals surface area contributed by atoms with Crippen molar-refractivity contribution in [3.05, 3.63) is 95.1 Å². The summed E-state index contributed by atoms with van der Waals surface area (Å²) in [7, 11) is 1.71. The summed E-state index contributed by atoms with van der Waals surface area (Å²) in [6, 6.07) is 21.6. The Balaban J connectivity index is 1.42. The molecule has 3 amide bonds. The molecular formula is C26H22N2O5S. The van der Waals surface area contributed by atoms with Crippen LogP contribution in [0.15, 0.2) is 72.8 Å². The lowest BCUT2D eigenvalue weighted by molar-refractivity contribution is -0.118. The van der Waals surface area contributed by atoms with Gasteiger partial charge in [0.25, 0.3) is 11.1 Å². The highest BCUT2D eigenvalue weighted by Crippen LogP contribution is 2.26. The minimum Gasteiger partial charge on any atom is -0.478 e. The fourth-order valence-electron chi connectivity index (χ4n) is 3.75. The van der Waals surface area contributed by atoms with Gasteiger partial charge in [0.2, 0.25) is 5.91 Å². The van der Waals surface area contributed by atoms with E-state index in [2.05, 4.69) is 5.32 Å². The summed E-state index contributed by atoms with van der Waals surface area (Å²) in [4.78, 5) is 48.5. The number of carboxylic acid groups (broad SMARTS) is 1. The summed E-state index contributed by atoms with van der Waals surface area (Å²) >= 11 is 1.02. The molecule has 1 fully saturated rings. The molecule has 0 aliphatic carbocycles. The average Bonchev–Trinajstić information content (AvgIpc) is 3.15. The molecule has 1 heterocycles. The smallest absolute Gasteiger partial charge is 0.335 e. The van der Waals surface area contributed by atoms with Gasteiger partial charge in [0.15, 0.2) is 0 Å². The van der Waals surface area contributed by atoms with Gasteiger partial charge in [-0.15, -0.1) is 0 Å². The second-order valence-electron chi connectivity index (χ2n) is 8.03. The molecule has 0 bridgehead atoms. The third-order valence-electron chi connectivity index (χ3n) is 5.55. The number of nitrogens with zero attached hydrogens (tertiary/aromatic N) is 1. The van der Waals surface area contributed by atoms with Crippen LogP contribution in [0.5, 0.6) is 0 Å². The van der Waals surface area contributed by atoms with Gasteiger partial charge in [-0.1, -0.05) is 54.2 Å². The molecule has 0 aromatic heterocycles. The first-order valence-corrected chi connectivity index (χ1v) is 11.5. The molecule has 1 unspecified atom stereocenters. The third kappa shape index (κ3) is 5.35. The molecule has 1 saturated heterocycles. The maximum Gasteiger partial charge on any atom is 0.335 e. The van der Waals surface area contributed by atoms with Crippen LogP contribution in [0.3, 0.4) is 0 Å². The molecule has 0 spiro atoms. The number of thioether (sulfide) groups is 1. The summed E-state index contributed by atoms with van der Waals surface area (Å²) < 4.78 is 0. The molecule has 7 nitrogen and oxygen atoms in total. The van der Waals surface area contributed by atoms with E-state index >= 15 is 0 Å². The molecule has 4 rings (SSSR count). The topological polar surface area (TPSA) is 104 Å². The van der Waals surface area contributed by atoms with E-state index in [0.29, 0.717) is 18.5 Å². The number of imide groups is 1. The number of rotatable bonds is 7. The van der Waals surface area contributed by atoms with Crippen molar-refractivity contribution in [3.63, 3.8) is 0 Å². The van der Waals surface area contributed by atoms with E-state index in [-0.39, 0.29) is 22.6 Å².